The highest BCUT2D eigenvalue weighted by Crippen LogP contribution is 2.23. The number of nitro groups is 1. The van der Waals surface area contributed by atoms with Gasteiger partial charge in [-0.1, -0.05) is 0 Å². The minimum atomic E-state index is -0.577. The van der Waals surface area contributed by atoms with Crippen molar-refractivity contribution < 1.29 is 14.5 Å². The van der Waals surface area contributed by atoms with Crippen molar-refractivity contribution >= 4 is 23.1 Å². The van der Waals surface area contributed by atoms with Crippen LogP contribution in [0.3, 0.4) is 0 Å². The van der Waals surface area contributed by atoms with E-state index in [9.17, 15) is 14.9 Å². The molecule has 11 heteroatoms. The summed E-state index contributed by atoms with van der Waals surface area (Å²) < 4.78 is 8.19. The molecule has 0 aromatic carbocycles. The Balaban J connectivity index is 1.61. The fourth-order valence-corrected chi connectivity index (χ4v) is 2.98. The quantitative estimate of drug-likeness (QED) is 0.373. The molecule has 0 N–H and O–H groups in total. The minimum Gasteiger partial charge on any atom is -0.457 e. The van der Waals surface area contributed by atoms with E-state index in [0.717, 1.165) is 5.56 Å². The fraction of sp³-hybridized carbons (Fsp3) is 0.286. The highest BCUT2D eigenvalue weighted by atomic mass is 32.1. The maximum atomic E-state index is 12.1. The number of ether oxygens (including phenoxy) is 1. The van der Waals surface area contributed by atoms with Crippen LogP contribution in [0, 0.1) is 17.0 Å². The van der Waals surface area contributed by atoms with Crippen LogP contribution in [0.1, 0.15) is 16.3 Å². The molecule has 10 nitrogen and oxygen atoms in total. The first-order valence-corrected chi connectivity index (χ1v) is 8.12. The lowest BCUT2D eigenvalue weighted by Crippen LogP contribution is -2.14. The van der Waals surface area contributed by atoms with E-state index in [4.69, 9.17) is 4.74 Å². The van der Waals surface area contributed by atoms with Crippen LogP contribution in [0.4, 0.5) is 5.82 Å². The first-order valence-electron chi connectivity index (χ1n) is 7.24. The molecule has 3 rings (SSSR count). The van der Waals surface area contributed by atoms with Gasteiger partial charge < -0.3 is 14.9 Å². The van der Waals surface area contributed by atoms with E-state index in [1.54, 1.807) is 36.4 Å². The summed E-state index contributed by atoms with van der Waals surface area (Å²) in [4.78, 5) is 30.6. The minimum absolute atomic E-state index is 0.0172. The average Bonchev–Trinajstić information content (AvgIpc) is 3.27. The molecule has 0 aliphatic heterocycles. The Morgan fingerprint density at radius 1 is 1.44 bits per heavy atom. The predicted molar refractivity (Wildman–Crippen MR) is 88.2 cm³/mol. The first-order chi connectivity index (χ1) is 12.0. The Kier molecular flexibility index (Phi) is 4.57. The highest BCUT2D eigenvalue weighted by molar-refractivity contribution is 7.13. The molecule has 130 valence electrons. The number of hydrogen-bond acceptors (Lipinski definition) is 8. The van der Waals surface area contributed by atoms with Crippen molar-refractivity contribution in [3.63, 3.8) is 0 Å². The van der Waals surface area contributed by atoms with E-state index in [1.807, 2.05) is 0 Å². The van der Waals surface area contributed by atoms with Gasteiger partial charge in [0.15, 0.2) is 11.5 Å². The summed E-state index contributed by atoms with van der Waals surface area (Å²) in [6, 6.07) is 0. The number of imidazole rings is 1. The number of thiazole rings is 1. The van der Waals surface area contributed by atoms with Crippen molar-refractivity contribution in [2.75, 3.05) is 6.61 Å². The van der Waals surface area contributed by atoms with Crippen LogP contribution in [0.25, 0.3) is 10.6 Å². The molecule has 25 heavy (non-hydrogen) atoms. The largest absolute Gasteiger partial charge is 0.457 e. The molecule has 0 atom stereocenters. The maximum Gasteiger partial charge on any atom is 0.357 e. The third kappa shape index (κ3) is 3.55. The van der Waals surface area contributed by atoms with Crippen molar-refractivity contribution in [2.24, 2.45) is 7.05 Å². The molecule has 0 aliphatic rings. The second-order valence-corrected chi connectivity index (χ2v) is 6.01. The van der Waals surface area contributed by atoms with Crippen molar-refractivity contribution in [3.8, 4) is 10.6 Å². The molecular weight excluding hydrogens is 348 g/mol. The van der Waals surface area contributed by atoms with Crippen molar-refractivity contribution in [1.29, 1.82) is 0 Å². The summed E-state index contributed by atoms with van der Waals surface area (Å²) in [6.45, 7) is 1.78. The Labute approximate surface area is 145 Å². The number of carbonyl (C=O) groups excluding carboxylic acids is 1. The zero-order chi connectivity index (χ0) is 18.0. The van der Waals surface area contributed by atoms with Crippen molar-refractivity contribution in [3.05, 3.63) is 45.6 Å². The monoisotopic (exact) mass is 362 g/mol. The van der Waals surface area contributed by atoms with E-state index in [-0.39, 0.29) is 24.7 Å². The molecule has 0 spiro atoms. The van der Waals surface area contributed by atoms with Gasteiger partial charge in [0.05, 0.1) is 6.20 Å². The molecule has 0 saturated carbocycles. The third-order valence-corrected chi connectivity index (χ3v) is 4.33. The standard InChI is InChI=1S/C14H14N6O4S/c1-9-15-6-12(20(22)23)19(9)3-4-24-14(21)11-8-25-13(17-11)10-5-16-18(2)7-10/h5-8H,3-4H2,1-2H3. The number of nitrogens with zero attached hydrogens (tertiary/aromatic N) is 6. The van der Waals surface area contributed by atoms with Crippen LogP contribution >= 0.6 is 11.3 Å². The molecule has 0 saturated heterocycles. The van der Waals surface area contributed by atoms with Gasteiger partial charge in [0.25, 0.3) is 0 Å². The van der Waals surface area contributed by atoms with Gasteiger partial charge in [0, 0.05) is 31.1 Å². The summed E-state index contributed by atoms with van der Waals surface area (Å²) in [5, 5.41) is 17.2. The Bertz CT molecular complexity index is 928. The van der Waals surface area contributed by atoms with Crippen LogP contribution in [0.5, 0.6) is 0 Å². The number of esters is 1. The summed E-state index contributed by atoms with van der Waals surface area (Å²) in [6.07, 6.45) is 4.64. The van der Waals surface area contributed by atoms with Gasteiger partial charge in [-0.25, -0.2) is 19.3 Å². The van der Waals surface area contributed by atoms with Crippen molar-refractivity contribution in [2.45, 2.75) is 13.5 Å². The van der Waals surface area contributed by atoms with E-state index in [1.165, 1.54) is 22.1 Å². The second kappa shape index (κ2) is 6.81. The van der Waals surface area contributed by atoms with E-state index >= 15 is 0 Å². The molecule has 0 aliphatic carbocycles. The van der Waals surface area contributed by atoms with Gasteiger partial charge in [0.1, 0.15) is 24.4 Å². The maximum absolute atomic E-state index is 12.1. The summed E-state index contributed by atoms with van der Waals surface area (Å²) >= 11 is 1.31. The average molecular weight is 362 g/mol. The lowest BCUT2D eigenvalue weighted by molar-refractivity contribution is -0.392. The molecule has 0 fully saturated rings. The van der Waals surface area contributed by atoms with E-state index in [0.29, 0.717) is 10.8 Å². The number of rotatable bonds is 6. The van der Waals surface area contributed by atoms with Gasteiger partial charge in [-0.15, -0.1) is 11.3 Å². The topological polar surface area (TPSA) is 118 Å². The van der Waals surface area contributed by atoms with Gasteiger partial charge >= 0.3 is 11.8 Å². The lowest BCUT2D eigenvalue weighted by atomic mass is 10.4. The van der Waals surface area contributed by atoms with Gasteiger partial charge in [-0.05, 0) is 4.92 Å². The van der Waals surface area contributed by atoms with E-state index < -0.39 is 10.9 Å². The van der Waals surface area contributed by atoms with Crippen LogP contribution < -0.4 is 0 Å². The smallest absolute Gasteiger partial charge is 0.357 e. The summed E-state index contributed by atoms with van der Waals surface area (Å²) in [5.74, 6) is -0.233. The van der Waals surface area contributed by atoms with Gasteiger partial charge in [0.2, 0.25) is 0 Å². The molecule has 0 amide bonds. The molecular formula is C14H14N6O4S. The summed E-state index contributed by atoms with van der Waals surface area (Å²) in [5.41, 5.74) is 1.01. The van der Waals surface area contributed by atoms with Crippen LogP contribution in [-0.2, 0) is 18.3 Å². The van der Waals surface area contributed by atoms with Gasteiger partial charge in [-0.3, -0.25) is 4.68 Å². The number of aromatic nitrogens is 5. The third-order valence-electron chi connectivity index (χ3n) is 3.43. The zero-order valence-electron chi connectivity index (χ0n) is 13.4. The predicted octanol–water partition coefficient (Wildman–Crippen LogP) is 1.81. The normalized spacial score (nSPS) is 10.8. The van der Waals surface area contributed by atoms with Gasteiger partial charge in [-0.2, -0.15) is 5.10 Å². The van der Waals surface area contributed by atoms with E-state index in [2.05, 4.69) is 15.1 Å². The van der Waals surface area contributed by atoms with Crippen molar-refractivity contribution in [1.82, 2.24) is 24.3 Å². The van der Waals surface area contributed by atoms with Crippen LogP contribution in [0.2, 0.25) is 0 Å². The number of hydrogen-bond donors (Lipinski definition) is 0. The SMILES string of the molecule is Cc1ncc([N+](=O)[O-])n1CCOC(=O)c1csc(-c2cnn(C)c2)n1. The number of carbonyl (C=O) groups is 1. The van der Waals surface area contributed by atoms with Crippen LogP contribution in [0.15, 0.2) is 24.0 Å². The zero-order valence-corrected chi connectivity index (χ0v) is 14.3. The molecule has 0 bridgehead atoms. The number of aryl methyl sites for hydroxylation is 2. The lowest BCUT2D eigenvalue weighted by Gasteiger charge is -2.04. The Morgan fingerprint density at radius 3 is 2.92 bits per heavy atom. The second-order valence-electron chi connectivity index (χ2n) is 5.15. The first kappa shape index (κ1) is 16.8. The fourth-order valence-electron chi connectivity index (χ4n) is 2.21. The molecule has 3 aromatic heterocycles. The Hall–Kier alpha value is -3.08. The Morgan fingerprint density at radius 2 is 2.24 bits per heavy atom. The molecule has 0 unspecified atom stereocenters. The highest BCUT2D eigenvalue weighted by Gasteiger charge is 2.19. The molecule has 0 radical (unpaired) electrons. The molecule has 3 heterocycles. The molecule has 3 aromatic rings. The summed E-state index contributed by atoms with van der Waals surface area (Å²) in [7, 11) is 1.80. The van der Waals surface area contributed by atoms with Crippen LogP contribution in [-0.4, -0.2) is 41.8 Å².